The number of aryl methyl sites for hydroxylation is 1. The molecule has 100 valence electrons. The van der Waals surface area contributed by atoms with Crippen LogP contribution in [0.4, 0.5) is 5.82 Å². The standard InChI is InChI=1S/C16H21N3/c1-12-8-13(10-17)9-16(18-12)19-7-6-14-4-2-3-5-15(14)11-19/h8-9,14-15H,2-7,11H2,1H3. The van der Waals surface area contributed by atoms with Gasteiger partial charge in [-0.05, 0) is 43.7 Å². The van der Waals surface area contributed by atoms with Gasteiger partial charge in [-0.3, -0.25) is 0 Å². The highest BCUT2D eigenvalue weighted by molar-refractivity contribution is 5.47. The summed E-state index contributed by atoms with van der Waals surface area (Å²) >= 11 is 0. The van der Waals surface area contributed by atoms with Gasteiger partial charge in [-0.2, -0.15) is 5.26 Å². The molecule has 0 bridgehead atoms. The molecule has 2 unspecified atom stereocenters. The quantitative estimate of drug-likeness (QED) is 0.773. The van der Waals surface area contributed by atoms with Gasteiger partial charge < -0.3 is 4.90 Å². The molecule has 0 amide bonds. The minimum atomic E-state index is 0.730. The maximum Gasteiger partial charge on any atom is 0.130 e. The Bertz CT molecular complexity index is 503. The van der Waals surface area contributed by atoms with E-state index in [-0.39, 0.29) is 0 Å². The van der Waals surface area contributed by atoms with E-state index in [9.17, 15) is 0 Å². The molecule has 1 saturated heterocycles. The summed E-state index contributed by atoms with van der Waals surface area (Å²) in [5, 5.41) is 9.08. The first-order valence-corrected chi connectivity index (χ1v) is 7.40. The van der Waals surface area contributed by atoms with Crippen molar-refractivity contribution in [3.63, 3.8) is 0 Å². The molecule has 1 aliphatic carbocycles. The van der Waals surface area contributed by atoms with Crippen molar-refractivity contribution in [3.8, 4) is 6.07 Å². The Labute approximate surface area is 115 Å². The molecule has 1 aromatic heterocycles. The van der Waals surface area contributed by atoms with Crippen LogP contribution in [0.5, 0.6) is 0 Å². The molecular weight excluding hydrogens is 234 g/mol. The Morgan fingerprint density at radius 3 is 2.79 bits per heavy atom. The topological polar surface area (TPSA) is 39.9 Å². The van der Waals surface area contributed by atoms with E-state index >= 15 is 0 Å². The molecule has 1 aliphatic heterocycles. The fourth-order valence-corrected chi connectivity index (χ4v) is 3.69. The van der Waals surface area contributed by atoms with E-state index in [0.717, 1.165) is 42.0 Å². The fraction of sp³-hybridized carbons (Fsp3) is 0.625. The van der Waals surface area contributed by atoms with Gasteiger partial charge in [-0.1, -0.05) is 19.3 Å². The molecule has 2 aliphatic rings. The average Bonchev–Trinajstić information content (AvgIpc) is 2.46. The first-order chi connectivity index (χ1) is 9.26. The van der Waals surface area contributed by atoms with Crippen molar-refractivity contribution in [1.29, 1.82) is 5.26 Å². The van der Waals surface area contributed by atoms with Crippen molar-refractivity contribution < 1.29 is 0 Å². The van der Waals surface area contributed by atoms with Gasteiger partial charge in [-0.15, -0.1) is 0 Å². The van der Waals surface area contributed by atoms with E-state index in [0.29, 0.717) is 0 Å². The number of anilines is 1. The highest BCUT2D eigenvalue weighted by Crippen LogP contribution is 2.37. The van der Waals surface area contributed by atoms with Crippen LogP contribution < -0.4 is 4.90 Å². The van der Waals surface area contributed by atoms with Gasteiger partial charge >= 0.3 is 0 Å². The van der Waals surface area contributed by atoms with Crippen LogP contribution in [0.3, 0.4) is 0 Å². The maximum absolute atomic E-state index is 9.08. The van der Waals surface area contributed by atoms with E-state index in [4.69, 9.17) is 5.26 Å². The Balaban J connectivity index is 1.79. The summed E-state index contributed by atoms with van der Waals surface area (Å²) in [5.41, 5.74) is 1.67. The predicted octanol–water partition coefficient (Wildman–Crippen LogP) is 3.28. The van der Waals surface area contributed by atoms with Crippen LogP contribution in [0, 0.1) is 30.1 Å². The largest absolute Gasteiger partial charge is 0.356 e. The van der Waals surface area contributed by atoms with Crippen LogP contribution in [0.15, 0.2) is 12.1 Å². The van der Waals surface area contributed by atoms with Gasteiger partial charge in [0.05, 0.1) is 11.6 Å². The number of fused-ring (bicyclic) bond motifs is 1. The predicted molar refractivity (Wildman–Crippen MR) is 76.0 cm³/mol. The smallest absolute Gasteiger partial charge is 0.130 e. The molecule has 19 heavy (non-hydrogen) atoms. The zero-order valence-electron chi connectivity index (χ0n) is 11.6. The second-order valence-corrected chi connectivity index (χ2v) is 6.01. The molecule has 0 aromatic carbocycles. The van der Waals surface area contributed by atoms with Crippen LogP contribution >= 0.6 is 0 Å². The molecule has 0 N–H and O–H groups in total. The summed E-state index contributed by atoms with van der Waals surface area (Å²) in [7, 11) is 0. The molecule has 3 nitrogen and oxygen atoms in total. The van der Waals surface area contributed by atoms with Gasteiger partial charge in [0.25, 0.3) is 0 Å². The van der Waals surface area contributed by atoms with Crippen molar-refractivity contribution in [1.82, 2.24) is 4.98 Å². The molecule has 3 rings (SSSR count). The zero-order valence-corrected chi connectivity index (χ0v) is 11.6. The molecule has 0 spiro atoms. The highest BCUT2D eigenvalue weighted by atomic mass is 15.2. The SMILES string of the molecule is Cc1cc(C#N)cc(N2CCC3CCCCC3C2)n1. The Morgan fingerprint density at radius 1 is 1.21 bits per heavy atom. The van der Waals surface area contributed by atoms with Crippen LogP contribution in [0.1, 0.15) is 43.4 Å². The first kappa shape index (κ1) is 12.5. The summed E-state index contributed by atoms with van der Waals surface area (Å²) in [6.45, 7) is 4.20. The van der Waals surface area contributed by atoms with Crippen molar-refractivity contribution in [2.24, 2.45) is 11.8 Å². The molecule has 1 aromatic rings. The minimum absolute atomic E-state index is 0.730. The normalized spacial score (nSPS) is 26.6. The lowest BCUT2D eigenvalue weighted by molar-refractivity contribution is 0.202. The molecule has 2 atom stereocenters. The maximum atomic E-state index is 9.08. The molecule has 0 radical (unpaired) electrons. The lowest BCUT2D eigenvalue weighted by atomic mass is 9.75. The third-order valence-electron chi connectivity index (χ3n) is 4.68. The summed E-state index contributed by atoms with van der Waals surface area (Å²) in [4.78, 5) is 7.01. The minimum Gasteiger partial charge on any atom is -0.356 e. The molecule has 2 heterocycles. The van der Waals surface area contributed by atoms with Gasteiger partial charge in [0, 0.05) is 18.8 Å². The van der Waals surface area contributed by atoms with Gasteiger partial charge in [-0.25, -0.2) is 4.98 Å². The number of nitrogens with zero attached hydrogens (tertiary/aromatic N) is 3. The van der Waals surface area contributed by atoms with E-state index in [2.05, 4.69) is 16.0 Å². The second kappa shape index (κ2) is 5.21. The van der Waals surface area contributed by atoms with E-state index in [1.165, 1.54) is 32.1 Å². The Kier molecular flexibility index (Phi) is 3.42. The Morgan fingerprint density at radius 2 is 2.00 bits per heavy atom. The summed E-state index contributed by atoms with van der Waals surface area (Å²) in [5.74, 6) is 2.78. The molecule has 1 saturated carbocycles. The van der Waals surface area contributed by atoms with E-state index < -0.39 is 0 Å². The number of pyridine rings is 1. The van der Waals surface area contributed by atoms with Crippen molar-refractivity contribution in [2.45, 2.75) is 39.0 Å². The van der Waals surface area contributed by atoms with Crippen molar-refractivity contribution >= 4 is 5.82 Å². The van der Waals surface area contributed by atoms with Gasteiger partial charge in [0.2, 0.25) is 0 Å². The number of nitriles is 1. The average molecular weight is 255 g/mol. The molecule has 2 fully saturated rings. The summed E-state index contributed by atoms with van der Waals surface area (Å²) in [6.07, 6.45) is 6.89. The molecular formula is C16H21N3. The Hall–Kier alpha value is -1.56. The number of rotatable bonds is 1. The van der Waals surface area contributed by atoms with Crippen molar-refractivity contribution in [2.75, 3.05) is 18.0 Å². The zero-order chi connectivity index (χ0) is 13.2. The van der Waals surface area contributed by atoms with Crippen LogP contribution in [-0.4, -0.2) is 18.1 Å². The first-order valence-electron chi connectivity index (χ1n) is 7.40. The number of hydrogen-bond donors (Lipinski definition) is 0. The fourth-order valence-electron chi connectivity index (χ4n) is 3.69. The van der Waals surface area contributed by atoms with Crippen LogP contribution in [0.25, 0.3) is 0 Å². The second-order valence-electron chi connectivity index (χ2n) is 6.01. The monoisotopic (exact) mass is 255 g/mol. The number of hydrogen-bond acceptors (Lipinski definition) is 3. The van der Waals surface area contributed by atoms with Crippen molar-refractivity contribution in [3.05, 3.63) is 23.4 Å². The van der Waals surface area contributed by atoms with E-state index in [1.807, 2.05) is 19.1 Å². The number of piperidine rings is 1. The van der Waals surface area contributed by atoms with Gasteiger partial charge in [0.1, 0.15) is 5.82 Å². The van der Waals surface area contributed by atoms with Gasteiger partial charge in [0.15, 0.2) is 0 Å². The third-order valence-corrected chi connectivity index (χ3v) is 4.68. The lowest BCUT2D eigenvalue weighted by Crippen LogP contribution is -2.42. The van der Waals surface area contributed by atoms with Crippen LogP contribution in [0.2, 0.25) is 0 Å². The highest BCUT2D eigenvalue weighted by Gasteiger charge is 2.31. The molecule has 3 heteroatoms. The van der Waals surface area contributed by atoms with E-state index in [1.54, 1.807) is 0 Å². The third kappa shape index (κ3) is 2.58. The lowest BCUT2D eigenvalue weighted by Gasteiger charge is -2.41. The summed E-state index contributed by atoms with van der Waals surface area (Å²) < 4.78 is 0. The summed E-state index contributed by atoms with van der Waals surface area (Å²) in [6, 6.07) is 6.04. The van der Waals surface area contributed by atoms with Crippen LogP contribution in [-0.2, 0) is 0 Å². The number of aromatic nitrogens is 1.